The van der Waals surface area contributed by atoms with Crippen molar-refractivity contribution < 1.29 is 18.3 Å². The fourth-order valence-electron chi connectivity index (χ4n) is 2.91. The van der Waals surface area contributed by atoms with E-state index >= 15 is 0 Å². The van der Waals surface area contributed by atoms with E-state index in [4.69, 9.17) is 0 Å². The summed E-state index contributed by atoms with van der Waals surface area (Å²) < 4.78 is 22.7. The normalized spacial score (nSPS) is 30.6. The maximum atomic E-state index is 12.2. The lowest BCUT2D eigenvalue weighted by Gasteiger charge is -2.34. The van der Waals surface area contributed by atoms with Crippen LogP contribution in [-0.2, 0) is 9.84 Å². The lowest BCUT2D eigenvalue weighted by atomic mass is 9.97. The van der Waals surface area contributed by atoms with Crippen LogP contribution in [0.25, 0.3) is 0 Å². The molecule has 0 aliphatic carbocycles. The summed E-state index contributed by atoms with van der Waals surface area (Å²) in [6.07, 6.45) is 2.13. The van der Waals surface area contributed by atoms with Gasteiger partial charge in [0.2, 0.25) is 0 Å². The minimum absolute atomic E-state index is 0.0275. The Morgan fingerprint density at radius 1 is 1.37 bits per heavy atom. The molecular formula is C12H22N2O4S. The van der Waals surface area contributed by atoms with Crippen molar-refractivity contribution >= 4 is 15.9 Å². The number of carbonyl (C=O) groups excluding carboxylic acids is 1. The van der Waals surface area contributed by atoms with Crippen LogP contribution in [0.3, 0.4) is 0 Å². The smallest absolute Gasteiger partial charge is 0.317 e. The second-order valence-electron chi connectivity index (χ2n) is 6.05. The quantitative estimate of drug-likeness (QED) is 0.756. The molecule has 0 saturated carbocycles. The number of nitrogens with zero attached hydrogens (tertiary/aromatic N) is 1. The Balaban J connectivity index is 1.97. The third-order valence-corrected chi connectivity index (χ3v) is 5.66. The average molecular weight is 290 g/mol. The highest BCUT2D eigenvalue weighted by molar-refractivity contribution is 7.91. The molecule has 2 heterocycles. The number of likely N-dealkylation sites (tertiary alicyclic amines) is 1. The fraction of sp³-hybridized carbons (Fsp3) is 0.917. The predicted molar refractivity (Wildman–Crippen MR) is 71.6 cm³/mol. The summed E-state index contributed by atoms with van der Waals surface area (Å²) in [6.45, 7) is 4.01. The molecule has 2 fully saturated rings. The average Bonchev–Trinajstić information content (AvgIpc) is 2.83. The van der Waals surface area contributed by atoms with Gasteiger partial charge in [-0.15, -0.1) is 0 Å². The number of nitrogens with one attached hydrogen (secondary N) is 1. The molecule has 0 bridgehead atoms. The van der Waals surface area contributed by atoms with Crippen molar-refractivity contribution in [3.05, 3.63) is 0 Å². The van der Waals surface area contributed by atoms with E-state index in [0.717, 1.165) is 12.8 Å². The third kappa shape index (κ3) is 3.39. The van der Waals surface area contributed by atoms with Gasteiger partial charge in [0.25, 0.3) is 0 Å². The molecule has 0 unspecified atom stereocenters. The van der Waals surface area contributed by atoms with Gasteiger partial charge in [-0.3, -0.25) is 0 Å². The van der Waals surface area contributed by atoms with Crippen LogP contribution in [0.5, 0.6) is 0 Å². The van der Waals surface area contributed by atoms with E-state index in [9.17, 15) is 18.3 Å². The molecule has 2 saturated heterocycles. The maximum absolute atomic E-state index is 12.2. The Hall–Kier alpha value is -0.820. The van der Waals surface area contributed by atoms with Crippen LogP contribution in [0.1, 0.15) is 33.1 Å². The van der Waals surface area contributed by atoms with Crippen molar-refractivity contribution in [3.63, 3.8) is 0 Å². The number of carbonyl (C=O) groups is 1. The van der Waals surface area contributed by atoms with Crippen LogP contribution in [0.4, 0.5) is 4.79 Å². The number of hydrogen-bond donors (Lipinski definition) is 2. The van der Waals surface area contributed by atoms with E-state index in [1.807, 2.05) is 0 Å². The zero-order chi connectivity index (χ0) is 14.3. The lowest BCUT2D eigenvalue weighted by molar-refractivity contribution is 0.00954. The minimum atomic E-state index is -2.99. The summed E-state index contributed by atoms with van der Waals surface area (Å²) in [7, 11) is -2.99. The first-order chi connectivity index (χ1) is 8.69. The monoisotopic (exact) mass is 290 g/mol. The number of rotatable bonds is 2. The first kappa shape index (κ1) is 14.6. The molecule has 2 rings (SSSR count). The molecule has 0 aromatic heterocycles. The van der Waals surface area contributed by atoms with E-state index in [2.05, 4.69) is 5.32 Å². The van der Waals surface area contributed by atoms with Crippen LogP contribution < -0.4 is 5.32 Å². The molecule has 7 heteroatoms. The zero-order valence-electron chi connectivity index (χ0n) is 11.4. The standard InChI is InChI=1S/C12H22N2O4S/c1-12(2,16)10-4-3-6-14(10)11(15)13-9-5-7-19(17,18)8-9/h9-10,16H,3-8H2,1-2H3,(H,13,15)/t9-,10+/m0/s1. The Morgan fingerprint density at radius 3 is 2.58 bits per heavy atom. The van der Waals surface area contributed by atoms with Gasteiger partial charge in [-0.1, -0.05) is 0 Å². The summed E-state index contributed by atoms with van der Waals surface area (Å²) in [5.74, 6) is 0.173. The number of aliphatic hydroxyl groups is 1. The molecule has 2 atom stereocenters. The van der Waals surface area contributed by atoms with Crippen molar-refractivity contribution in [1.82, 2.24) is 10.2 Å². The largest absolute Gasteiger partial charge is 0.388 e. The van der Waals surface area contributed by atoms with Gasteiger partial charge in [0.1, 0.15) is 0 Å². The first-order valence-electron chi connectivity index (χ1n) is 6.69. The van der Waals surface area contributed by atoms with E-state index in [-0.39, 0.29) is 29.6 Å². The van der Waals surface area contributed by atoms with Crippen LogP contribution in [-0.4, -0.2) is 60.2 Å². The summed E-state index contributed by atoms with van der Waals surface area (Å²) in [5.41, 5.74) is -0.935. The van der Waals surface area contributed by atoms with Gasteiger partial charge in [-0.05, 0) is 33.1 Å². The molecule has 0 aromatic rings. The molecular weight excluding hydrogens is 268 g/mol. The van der Waals surface area contributed by atoms with E-state index in [1.54, 1.807) is 18.7 Å². The van der Waals surface area contributed by atoms with Gasteiger partial charge >= 0.3 is 6.03 Å². The Labute approximate surface area is 114 Å². The van der Waals surface area contributed by atoms with Gasteiger partial charge in [0.05, 0.1) is 23.1 Å². The third-order valence-electron chi connectivity index (χ3n) is 3.89. The molecule has 19 heavy (non-hydrogen) atoms. The van der Waals surface area contributed by atoms with E-state index in [1.165, 1.54) is 0 Å². The highest BCUT2D eigenvalue weighted by Gasteiger charge is 2.39. The molecule has 2 aliphatic heterocycles. The van der Waals surface area contributed by atoms with Gasteiger partial charge < -0.3 is 15.3 Å². The van der Waals surface area contributed by atoms with Crippen molar-refractivity contribution in [3.8, 4) is 0 Å². The maximum Gasteiger partial charge on any atom is 0.317 e. The minimum Gasteiger partial charge on any atom is -0.388 e. The Bertz CT molecular complexity index is 455. The van der Waals surface area contributed by atoms with Crippen molar-refractivity contribution in [2.24, 2.45) is 0 Å². The van der Waals surface area contributed by atoms with Crippen LogP contribution in [0, 0.1) is 0 Å². The van der Waals surface area contributed by atoms with Gasteiger partial charge in [-0.25, -0.2) is 13.2 Å². The molecule has 0 spiro atoms. The molecule has 0 radical (unpaired) electrons. The SMILES string of the molecule is CC(C)(O)[C@H]1CCCN1C(=O)N[C@H]1CCS(=O)(=O)C1. The highest BCUT2D eigenvalue weighted by Crippen LogP contribution is 2.27. The first-order valence-corrected chi connectivity index (χ1v) is 8.51. The molecule has 6 nitrogen and oxygen atoms in total. The van der Waals surface area contributed by atoms with Gasteiger partial charge in [0, 0.05) is 12.6 Å². The van der Waals surface area contributed by atoms with Crippen molar-refractivity contribution in [1.29, 1.82) is 0 Å². The topological polar surface area (TPSA) is 86.7 Å². The number of urea groups is 1. The number of hydrogen-bond acceptors (Lipinski definition) is 4. The zero-order valence-corrected chi connectivity index (χ0v) is 12.2. The second kappa shape index (κ2) is 4.94. The van der Waals surface area contributed by atoms with Crippen LogP contribution >= 0.6 is 0 Å². The molecule has 110 valence electrons. The Kier molecular flexibility index (Phi) is 3.79. The van der Waals surface area contributed by atoms with Crippen molar-refractivity contribution in [2.75, 3.05) is 18.1 Å². The predicted octanol–water partition coefficient (Wildman–Crippen LogP) is 0.118. The van der Waals surface area contributed by atoms with E-state index < -0.39 is 15.4 Å². The second-order valence-corrected chi connectivity index (χ2v) is 8.28. The van der Waals surface area contributed by atoms with E-state index in [0.29, 0.717) is 13.0 Å². The van der Waals surface area contributed by atoms with Crippen LogP contribution in [0.2, 0.25) is 0 Å². The van der Waals surface area contributed by atoms with Crippen molar-refractivity contribution in [2.45, 2.75) is 50.8 Å². The summed E-state index contributed by atoms with van der Waals surface area (Å²) in [6, 6.07) is -0.752. The summed E-state index contributed by atoms with van der Waals surface area (Å²) in [5, 5.41) is 12.8. The number of sulfone groups is 1. The fourth-order valence-corrected chi connectivity index (χ4v) is 4.58. The highest BCUT2D eigenvalue weighted by atomic mass is 32.2. The lowest BCUT2D eigenvalue weighted by Crippen LogP contribution is -2.53. The van der Waals surface area contributed by atoms with Gasteiger partial charge in [0.15, 0.2) is 9.84 Å². The summed E-state index contributed by atoms with van der Waals surface area (Å²) in [4.78, 5) is 13.8. The van der Waals surface area contributed by atoms with Gasteiger partial charge in [-0.2, -0.15) is 0 Å². The molecule has 2 N–H and O–H groups in total. The molecule has 0 aromatic carbocycles. The molecule has 2 amide bonds. The molecule has 2 aliphatic rings. The summed E-state index contributed by atoms with van der Waals surface area (Å²) >= 11 is 0. The number of amides is 2. The Morgan fingerprint density at radius 2 is 2.05 bits per heavy atom. The van der Waals surface area contributed by atoms with Crippen LogP contribution in [0.15, 0.2) is 0 Å².